The van der Waals surface area contributed by atoms with Crippen molar-refractivity contribution in [2.45, 2.75) is 19.4 Å². The molecule has 6 atom stereocenters. The number of anilines is 1. The Labute approximate surface area is 196 Å². The van der Waals surface area contributed by atoms with E-state index in [1.165, 1.54) is 4.90 Å². The number of benzene rings is 2. The van der Waals surface area contributed by atoms with Gasteiger partial charge in [-0.2, -0.15) is 0 Å². The molecule has 1 saturated heterocycles. The van der Waals surface area contributed by atoms with Gasteiger partial charge in [-0.05, 0) is 67.8 Å². The monoisotopic (exact) mass is 460 g/mol. The van der Waals surface area contributed by atoms with Gasteiger partial charge in [-0.3, -0.25) is 14.5 Å². The Balaban J connectivity index is 1.27. The molecule has 174 valence electrons. The highest BCUT2D eigenvalue weighted by atomic mass is 16.6. The van der Waals surface area contributed by atoms with Gasteiger partial charge in [0, 0.05) is 17.4 Å². The quantitative estimate of drug-likeness (QED) is 0.503. The third-order valence-electron chi connectivity index (χ3n) is 7.71. The van der Waals surface area contributed by atoms with Crippen LogP contribution in [0.25, 0.3) is 0 Å². The number of methoxy groups -OCH3 is 1. The van der Waals surface area contributed by atoms with Crippen molar-refractivity contribution < 1.29 is 28.7 Å². The molecule has 4 aliphatic rings. The molecule has 2 aliphatic carbocycles. The van der Waals surface area contributed by atoms with Crippen LogP contribution in [-0.4, -0.2) is 43.3 Å². The highest BCUT2D eigenvalue weighted by Gasteiger charge is 2.70. The van der Waals surface area contributed by atoms with E-state index in [-0.39, 0.29) is 48.2 Å². The van der Waals surface area contributed by atoms with Gasteiger partial charge in [0.2, 0.25) is 11.8 Å². The molecule has 8 nitrogen and oxygen atoms in total. The van der Waals surface area contributed by atoms with Gasteiger partial charge in [0.05, 0.1) is 42.5 Å². The minimum absolute atomic E-state index is 0.00334. The van der Waals surface area contributed by atoms with Crippen LogP contribution in [0, 0.1) is 29.6 Å². The SMILES string of the molecule is CCOC(=O)c1ccc(N2C(=O)[C@H]3[C@@H]4C[C@H]([C@H]5C(c6ccc(OC)cc6)=NO[C@H]45)[C@@H]3C2=O)cc1. The normalized spacial score (nSPS) is 30.6. The first-order valence-electron chi connectivity index (χ1n) is 11.6. The third-order valence-corrected chi connectivity index (χ3v) is 7.71. The summed E-state index contributed by atoms with van der Waals surface area (Å²) >= 11 is 0. The van der Waals surface area contributed by atoms with Crippen LogP contribution in [0.1, 0.15) is 29.3 Å². The number of ether oxygens (including phenoxy) is 2. The highest BCUT2D eigenvalue weighted by Crippen LogP contribution is 2.62. The van der Waals surface area contributed by atoms with Crippen LogP contribution >= 0.6 is 0 Å². The van der Waals surface area contributed by atoms with Crippen molar-refractivity contribution in [2.24, 2.45) is 34.7 Å². The van der Waals surface area contributed by atoms with Crippen molar-refractivity contribution >= 4 is 29.2 Å². The van der Waals surface area contributed by atoms with E-state index in [0.717, 1.165) is 23.4 Å². The molecule has 6 rings (SSSR count). The fraction of sp³-hybridized carbons (Fsp3) is 0.385. The Morgan fingerprint density at radius 1 is 1.00 bits per heavy atom. The van der Waals surface area contributed by atoms with Gasteiger partial charge in [-0.25, -0.2) is 4.79 Å². The first-order chi connectivity index (χ1) is 16.5. The van der Waals surface area contributed by atoms with Crippen molar-refractivity contribution in [3.05, 3.63) is 59.7 Å². The molecular weight excluding hydrogens is 436 g/mol. The number of hydrogen-bond acceptors (Lipinski definition) is 7. The number of carbonyl (C=O) groups is 3. The second kappa shape index (κ2) is 7.68. The summed E-state index contributed by atoms with van der Waals surface area (Å²) in [6.45, 7) is 2.02. The summed E-state index contributed by atoms with van der Waals surface area (Å²) in [4.78, 5) is 46.1. The summed E-state index contributed by atoms with van der Waals surface area (Å²) in [6, 6.07) is 14.1. The van der Waals surface area contributed by atoms with Crippen molar-refractivity contribution in [3.8, 4) is 5.75 Å². The maximum absolute atomic E-state index is 13.5. The average molecular weight is 460 g/mol. The van der Waals surface area contributed by atoms with Gasteiger partial charge in [0.1, 0.15) is 11.9 Å². The Hall–Kier alpha value is -3.68. The van der Waals surface area contributed by atoms with E-state index >= 15 is 0 Å². The predicted octanol–water partition coefficient (Wildman–Crippen LogP) is 3.05. The zero-order chi connectivity index (χ0) is 23.6. The van der Waals surface area contributed by atoms with Crippen LogP contribution < -0.4 is 9.64 Å². The molecule has 0 radical (unpaired) electrons. The van der Waals surface area contributed by atoms with E-state index in [4.69, 9.17) is 14.3 Å². The second-order valence-corrected chi connectivity index (χ2v) is 9.20. The molecule has 8 heteroatoms. The number of fused-ring (bicyclic) bond motifs is 8. The van der Waals surface area contributed by atoms with Crippen LogP contribution in [0.5, 0.6) is 5.75 Å². The van der Waals surface area contributed by atoms with Crippen molar-refractivity contribution in [1.82, 2.24) is 0 Å². The molecule has 3 fully saturated rings. The largest absolute Gasteiger partial charge is 0.497 e. The van der Waals surface area contributed by atoms with Gasteiger partial charge >= 0.3 is 5.97 Å². The molecular formula is C26H24N2O6. The molecule has 2 aromatic rings. The van der Waals surface area contributed by atoms with Gasteiger partial charge in [0.15, 0.2) is 0 Å². The van der Waals surface area contributed by atoms with Crippen molar-refractivity contribution in [2.75, 3.05) is 18.6 Å². The van der Waals surface area contributed by atoms with Crippen LogP contribution in [0.4, 0.5) is 5.69 Å². The lowest BCUT2D eigenvalue weighted by atomic mass is 9.71. The summed E-state index contributed by atoms with van der Waals surface area (Å²) in [7, 11) is 1.62. The lowest BCUT2D eigenvalue weighted by Gasteiger charge is -2.29. The minimum atomic E-state index is -0.432. The molecule has 34 heavy (non-hydrogen) atoms. The van der Waals surface area contributed by atoms with E-state index in [0.29, 0.717) is 11.3 Å². The molecule has 2 heterocycles. The van der Waals surface area contributed by atoms with Gasteiger partial charge in [0.25, 0.3) is 0 Å². The van der Waals surface area contributed by atoms with Crippen LogP contribution in [0.2, 0.25) is 0 Å². The molecule has 2 saturated carbocycles. The molecule has 2 amide bonds. The smallest absolute Gasteiger partial charge is 0.338 e. The van der Waals surface area contributed by atoms with E-state index in [9.17, 15) is 14.4 Å². The van der Waals surface area contributed by atoms with Crippen molar-refractivity contribution in [1.29, 1.82) is 0 Å². The number of imide groups is 1. The maximum Gasteiger partial charge on any atom is 0.338 e. The summed E-state index contributed by atoms with van der Waals surface area (Å²) in [6.07, 6.45) is 0.596. The zero-order valence-electron chi connectivity index (χ0n) is 18.8. The number of carbonyl (C=O) groups excluding carboxylic acids is 3. The Morgan fingerprint density at radius 2 is 1.68 bits per heavy atom. The lowest BCUT2D eigenvalue weighted by molar-refractivity contribution is -0.125. The first-order valence-corrected chi connectivity index (χ1v) is 11.6. The van der Waals surface area contributed by atoms with Crippen molar-refractivity contribution in [3.63, 3.8) is 0 Å². The summed E-state index contributed by atoms with van der Waals surface area (Å²) in [5, 5.41) is 4.38. The Kier molecular flexibility index (Phi) is 4.72. The predicted molar refractivity (Wildman–Crippen MR) is 121 cm³/mol. The molecule has 0 N–H and O–H groups in total. The second-order valence-electron chi connectivity index (χ2n) is 9.20. The molecule has 0 aromatic heterocycles. The fourth-order valence-electron chi connectivity index (χ4n) is 6.34. The number of oxime groups is 1. The van der Waals surface area contributed by atoms with E-state index < -0.39 is 11.9 Å². The number of hydrogen-bond donors (Lipinski definition) is 0. The van der Waals surface area contributed by atoms with Crippen LogP contribution in [0.15, 0.2) is 53.7 Å². The van der Waals surface area contributed by atoms with E-state index in [1.54, 1.807) is 38.3 Å². The fourth-order valence-corrected chi connectivity index (χ4v) is 6.34. The van der Waals surface area contributed by atoms with Crippen LogP contribution in [-0.2, 0) is 19.2 Å². The molecule has 0 spiro atoms. The van der Waals surface area contributed by atoms with Gasteiger partial charge in [-0.15, -0.1) is 0 Å². The Bertz CT molecular complexity index is 1200. The molecule has 0 unspecified atom stereocenters. The highest BCUT2D eigenvalue weighted by molar-refractivity contribution is 6.23. The number of amides is 2. The van der Waals surface area contributed by atoms with Gasteiger partial charge in [-0.1, -0.05) is 5.16 Å². The van der Waals surface area contributed by atoms with Gasteiger partial charge < -0.3 is 14.3 Å². The lowest BCUT2D eigenvalue weighted by Crippen LogP contribution is -2.41. The molecule has 2 bridgehead atoms. The average Bonchev–Trinajstić information content (AvgIpc) is 3.60. The minimum Gasteiger partial charge on any atom is -0.497 e. The summed E-state index contributed by atoms with van der Waals surface area (Å²) in [5.41, 5.74) is 2.65. The van der Waals surface area contributed by atoms with Crippen LogP contribution in [0.3, 0.4) is 0 Å². The number of rotatable bonds is 5. The third kappa shape index (κ3) is 2.84. The molecule has 2 aliphatic heterocycles. The standard InChI is InChI=1S/C26H24N2O6/c1-3-33-26(31)14-4-8-15(9-5-14)28-24(29)19-17-12-18(20(19)25(28)30)23-21(17)22(27-34-23)13-6-10-16(32-2)11-7-13/h4-11,17-21,23H,3,12H2,1-2H3/t17-,18-,19-,20-,21-,23+/m0/s1. The number of esters is 1. The first kappa shape index (κ1) is 20.9. The van der Waals surface area contributed by atoms with E-state index in [1.807, 2.05) is 24.3 Å². The molecule has 2 aromatic carbocycles. The summed E-state index contributed by atoms with van der Waals surface area (Å²) in [5.74, 6) is -0.863. The van der Waals surface area contributed by atoms with E-state index in [2.05, 4.69) is 5.16 Å². The number of nitrogens with zero attached hydrogens (tertiary/aromatic N) is 2. The summed E-state index contributed by atoms with van der Waals surface area (Å²) < 4.78 is 10.3. The topological polar surface area (TPSA) is 94.5 Å². The maximum atomic E-state index is 13.5. The zero-order valence-corrected chi connectivity index (χ0v) is 18.8. The Morgan fingerprint density at radius 3 is 2.32 bits per heavy atom.